The van der Waals surface area contributed by atoms with Crippen molar-refractivity contribution in [2.45, 2.75) is 6.42 Å². The Morgan fingerprint density at radius 1 is 1.08 bits per heavy atom. The fourth-order valence-electron chi connectivity index (χ4n) is 4.27. The molecule has 3 N–H and O–H groups in total. The van der Waals surface area contributed by atoms with Crippen LogP contribution in [0.3, 0.4) is 0 Å². The van der Waals surface area contributed by atoms with E-state index >= 15 is 0 Å². The highest BCUT2D eigenvalue weighted by Gasteiger charge is 2.22. The van der Waals surface area contributed by atoms with Gasteiger partial charge in [0.1, 0.15) is 11.3 Å². The lowest BCUT2D eigenvalue weighted by molar-refractivity contribution is 0.415. The minimum Gasteiger partial charge on any atom is -0.497 e. The van der Waals surface area contributed by atoms with E-state index in [4.69, 9.17) is 21.3 Å². The summed E-state index contributed by atoms with van der Waals surface area (Å²) in [6.07, 6.45) is 2.47. The maximum atomic E-state index is 13.1. The summed E-state index contributed by atoms with van der Waals surface area (Å²) < 4.78 is 7.20. The summed E-state index contributed by atoms with van der Waals surface area (Å²) in [7, 11) is 1.62. The number of nitrogens with zero attached hydrogens (tertiary/aromatic N) is 2. The molecule has 0 spiro atoms. The van der Waals surface area contributed by atoms with Gasteiger partial charge in [0.15, 0.2) is 0 Å². The van der Waals surface area contributed by atoms with Gasteiger partial charge in [-0.25, -0.2) is 9.36 Å². The molecule has 0 aliphatic rings. The molecule has 10 heteroatoms. The molecule has 8 nitrogen and oxygen atoms in total. The van der Waals surface area contributed by atoms with E-state index in [2.05, 4.69) is 25.9 Å². The summed E-state index contributed by atoms with van der Waals surface area (Å²) in [6.45, 7) is 0.304. The molecule has 0 unspecified atom stereocenters. The molecule has 0 radical (unpaired) electrons. The number of methoxy groups -OCH3 is 1. The van der Waals surface area contributed by atoms with Crippen LogP contribution in [0.1, 0.15) is 16.7 Å². The smallest absolute Gasteiger partial charge is 0.335 e. The van der Waals surface area contributed by atoms with Crippen LogP contribution in [0.2, 0.25) is 5.02 Å². The zero-order valence-corrected chi connectivity index (χ0v) is 22.5. The number of ether oxygens (including phenoxy) is 1. The van der Waals surface area contributed by atoms with Crippen LogP contribution in [0.25, 0.3) is 16.6 Å². The van der Waals surface area contributed by atoms with E-state index in [1.807, 2.05) is 24.4 Å². The van der Waals surface area contributed by atoms with Gasteiger partial charge in [0.2, 0.25) is 5.88 Å². The molecule has 3 aromatic carbocycles. The molecular formula is C28H22BrClN4O4. The number of rotatable bonds is 7. The van der Waals surface area contributed by atoms with Gasteiger partial charge in [0, 0.05) is 38.7 Å². The van der Waals surface area contributed by atoms with E-state index in [-0.39, 0.29) is 11.3 Å². The molecular weight excluding hydrogens is 572 g/mol. The molecule has 38 heavy (non-hydrogen) atoms. The molecule has 5 rings (SSSR count). The van der Waals surface area contributed by atoms with Crippen LogP contribution in [0.5, 0.6) is 11.6 Å². The fraction of sp³-hybridized carbons (Fsp3) is 0.107. The van der Waals surface area contributed by atoms with Crippen molar-refractivity contribution in [2.24, 2.45) is 4.99 Å². The minimum absolute atomic E-state index is 0.115. The third kappa shape index (κ3) is 5.03. The van der Waals surface area contributed by atoms with E-state index in [0.29, 0.717) is 29.2 Å². The second-order valence-electron chi connectivity index (χ2n) is 8.48. The maximum Gasteiger partial charge on any atom is 0.335 e. The van der Waals surface area contributed by atoms with Crippen LogP contribution < -0.4 is 16.0 Å². The minimum atomic E-state index is -0.762. The van der Waals surface area contributed by atoms with Gasteiger partial charge < -0.3 is 14.8 Å². The molecule has 0 aliphatic carbocycles. The Morgan fingerprint density at radius 3 is 2.53 bits per heavy atom. The molecule has 0 saturated carbocycles. The first-order valence-electron chi connectivity index (χ1n) is 11.6. The largest absolute Gasteiger partial charge is 0.497 e. The van der Waals surface area contributed by atoms with Crippen LogP contribution in [0, 0.1) is 0 Å². The van der Waals surface area contributed by atoms with Gasteiger partial charge in [-0.05, 0) is 66.6 Å². The number of aliphatic imine (C=N–C) groups is 1. The predicted molar refractivity (Wildman–Crippen MR) is 153 cm³/mol. The van der Waals surface area contributed by atoms with E-state index < -0.39 is 17.1 Å². The quantitative estimate of drug-likeness (QED) is 0.225. The maximum absolute atomic E-state index is 13.1. The van der Waals surface area contributed by atoms with Crippen molar-refractivity contribution in [1.82, 2.24) is 14.5 Å². The van der Waals surface area contributed by atoms with Crippen LogP contribution in [0.4, 0.5) is 0 Å². The molecule has 2 aromatic heterocycles. The van der Waals surface area contributed by atoms with Gasteiger partial charge in [0.05, 0.1) is 18.5 Å². The number of aromatic amines is 2. The summed E-state index contributed by atoms with van der Waals surface area (Å²) in [5.74, 6) is 0.238. The normalized spacial score (nSPS) is 11.7. The fourth-order valence-corrected chi connectivity index (χ4v) is 4.66. The van der Waals surface area contributed by atoms with Crippen LogP contribution in [0.15, 0.2) is 92.0 Å². The van der Waals surface area contributed by atoms with E-state index in [0.717, 1.165) is 31.3 Å². The van der Waals surface area contributed by atoms with Crippen molar-refractivity contribution in [3.63, 3.8) is 0 Å². The Labute approximate surface area is 230 Å². The SMILES string of the molecule is COc1ccc2[nH]cc(CCN=C(c3ccc(Cl)cc3)c3c(O)n(-c4ccc(Br)cc4)c(=O)[nH]c3=O)c2c1. The van der Waals surface area contributed by atoms with E-state index in [1.54, 1.807) is 55.6 Å². The van der Waals surface area contributed by atoms with Gasteiger partial charge in [-0.1, -0.05) is 39.7 Å². The lowest BCUT2D eigenvalue weighted by Gasteiger charge is -2.14. The average molecular weight is 594 g/mol. The van der Waals surface area contributed by atoms with Gasteiger partial charge >= 0.3 is 5.69 Å². The van der Waals surface area contributed by atoms with Gasteiger partial charge in [-0.15, -0.1) is 0 Å². The molecule has 0 amide bonds. The molecule has 192 valence electrons. The number of nitrogens with one attached hydrogen (secondary N) is 2. The Balaban J connectivity index is 1.60. The number of H-pyrrole nitrogens is 2. The van der Waals surface area contributed by atoms with E-state index in [9.17, 15) is 14.7 Å². The molecule has 0 fully saturated rings. The predicted octanol–water partition coefficient (Wildman–Crippen LogP) is 5.22. The molecule has 0 atom stereocenters. The van der Waals surface area contributed by atoms with Crippen LogP contribution in [-0.4, -0.2) is 39.0 Å². The molecule has 2 heterocycles. The van der Waals surface area contributed by atoms with Crippen LogP contribution >= 0.6 is 27.5 Å². The molecule has 0 aliphatic heterocycles. The van der Waals surface area contributed by atoms with Gasteiger partial charge in [0.25, 0.3) is 5.56 Å². The monoisotopic (exact) mass is 592 g/mol. The number of fused-ring (bicyclic) bond motifs is 1. The standard InChI is InChI=1S/C28H22BrClN4O4/c1-38-21-10-11-23-22(14-21)17(15-32-23)12-13-31-25(16-2-6-19(30)7-3-16)24-26(35)33-28(37)34(27(24)36)20-8-4-18(29)5-9-20/h2-11,14-15,32,36H,12-13H2,1H3,(H,33,35,37). The second-order valence-corrected chi connectivity index (χ2v) is 9.83. The summed E-state index contributed by atoms with van der Waals surface area (Å²) in [6, 6.07) is 19.3. The summed E-state index contributed by atoms with van der Waals surface area (Å²) in [4.78, 5) is 36.1. The van der Waals surface area contributed by atoms with Crippen molar-refractivity contribution in [1.29, 1.82) is 0 Å². The number of halogens is 2. The highest BCUT2D eigenvalue weighted by Crippen LogP contribution is 2.25. The highest BCUT2D eigenvalue weighted by molar-refractivity contribution is 9.10. The Bertz CT molecular complexity index is 1770. The van der Waals surface area contributed by atoms with Gasteiger partial charge in [-0.3, -0.25) is 14.8 Å². The molecule has 5 aromatic rings. The summed E-state index contributed by atoms with van der Waals surface area (Å²) in [5, 5.41) is 12.8. The van der Waals surface area contributed by atoms with Crippen LogP contribution in [-0.2, 0) is 6.42 Å². The van der Waals surface area contributed by atoms with Crippen molar-refractivity contribution < 1.29 is 9.84 Å². The Hall–Kier alpha value is -4.08. The average Bonchev–Trinajstić information content (AvgIpc) is 3.31. The van der Waals surface area contributed by atoms with Crippen molar-refractivity contribution in [3.05, 3.63) is 120 Å². The zero-order valence-electron chi connectivity index (χ0n) is 20.2. The number of aromatic nitrogens is 3. The second kappa shape index (κ2) is 10.7. The molecule has 0 bridgehead atoms. The summed E-state index contributed by atoms with van der Waals surface area (Å²) in [5.41, 5.74) is 1.56. The third-order valence-electron chi connectivity index (χ3n) is 6.15. The third-order valence-corrected chi connectivity index (χ3v) is 6.93. The first-order valence-corrected chi connectivity index (χ1v) is 12.8. The first-order chi connectivity index (χ1) is 18.4. The Morgan fingerprint density at radius 2 is 1.82 bits per heavy atom. The lowest BCUT2D eigenvalue weighted by Crippen LogP contribution is -2.33. The Kier molecular flexibility index (Phi) is 7.22. The number of hydrogen-bond acceptors (Lipinski definition) is 5. The molecule has 0 saturated heterocycles. The number of aromatic hydroxyl groups is 1. The number of hydrogen-bond donors (Lipinski definition) is 3. The summed E-state index contributed by atoms with van der Waals surface area (Å²) >= 11 is 9.46. The number of benzene rings is 3. The van der Waals surface area contributed by atoms with Crippen molar-refractivity contribution in [3.8, 4) is 17.3 Å². The lowest BCUT2D eigenvalue weighted by atomic mass is 10.0. The van der Waals surface area contributed by atoms with Crippen molar-refractivity contribution in [2.75, 3.05) is 13.7 Å². The van der Waals surface area contributed by atoms with E-state index in [1.165, 1.54) is 0 Å². The highest BCUT2D eigenvalue weighted by atomic mass is 79.9. The first kappa shape index (κ1) is 25.6. The zero-order chi connectivity index (χ0) is 26.8. The van der Waals surface area contributed by atoms with Gasteiger partial charge in [-0.2, -0.15) is 0 Å². The topological polar surface area (TPSA) is 112 Å². The van der Waals surface area contributed by atoms with Crippen molar-refractivity contribution >= 4 is 44.1 Å².